The molecule has 1 aliphatic carbocycles. The summed E-state index contributed by atoms with van der Waals surface area (Å²) in [4.78, 5) is 16.7. The molecule has 12 heteroatoms. The van der Waals surface area contributed by atoms with E-state index in [9.17, 15) is 30.8 Å². The van der Waals surface area contributed by atoms with Crippen LogP contribution in [0.5, 0.6) is 0 Å². The molecule has 0 spiro atoms. The lowest BCUT2D eigenvalue weighted by atomic mass is 9.99. The highest BCUT2D eigenvalue weighted by Crippen LogP contribution is 2.37. The number of sulfonamides is 1. The first-order valence-corrected chi connectivity index (χ1v) is 14.8. The van der Waals surface area contributed by atoms with Crippen molar-refractivity contribution < 1.29 is 30.8 Å². The Morgan fingerprint density at radius 1 is 1.19 bits per heavy atom. The number of aromatic nitrogens is 1. The zero-order chi connectivity index (χ0) is 27.4. The van der Waals surface area contributed by atoms with Gasteiger partial charge >= 0.3 is 6.18 Å². The second-order valence-corrected chi connectivity index (χ2v) is 12.3. The minimum absolute atomic E-state index is 0.0262. The third-order valence-electron chi connectivity index (χ3n) is 6.33. The van der Waals surface area contributed by atoms with E-state index in [0.29, 0.717) is 11.1 Å². The van der Waals surface area contributed by atoms with Crippen molar-refractivity contribution in [2.24, 2.45) is 0 Å². The van der Waals surface area contributed by atoms with Crippen molar-refractivity contribution in [2.75, 3.05) is 17.1 Å². The lowest BCUT2D eigenvalue weighted by molar-refractivity contribution is -0.141. The van der Waals surface area contributed by atoms with Crippen molar-refractivity contribution in [1.29, 1.82) is 0 Å². The van der Waals surface area contributed by atoms with Gasteiger partial charge in [0.2, 0.25) is 15.9 Å². The summed E-state index contributed by atoms with van der Waals surface area (Å²) in [5.74, 6) is -2.01. The molecule has 1 saturated carbocycles. The van der Waals surface area contributed by atoms with Crippen molar-refractivity contribution in [3.63, 3.8) is 0 Å². The van der Waals surface area contributed by atoms with Crippen LogP contribution in [0.25, 0.3) is 0 Å². The molecule has 6 nitrogen and oxygen atoms in total. The average molecular weight is 562 g/mol. The van der Waals surface area contributed by atoms with Crippen LogP contribution in [0.3, 0.4) is 0 Å². The quantitative estimate of drug-likeness (QED) is 0.388. The molecule has 0 radical (unpaired) electrons. The number of anilines is 1. The van der Waals surface area contributed by atoms with Gasteiger partial charge in [-0.2, -0.15) is 13.2 Å². The largest absolute Gasteiger partial charge is 0.433 e. The second kappa shape index (κ2) is 12.0. The van der Waals surface area contributed by atoms with Gasteiger partial charge in [0, 0.05) is 23.9 Å². The predicted octanol–water partition coefficient (Wildman–Crippen LogP) is 5.87. The molecule has 1 atom stereocenters. The van der Waals surface area contributed by atoms with Crippen LogP contribution in [0, 0.1) is 5.82 Å². The summed E-state index contributed by atoms with van der Waals surface area (Å²) in [6, 6.07) is 6.17. The Morgan fingerprint density at radius 2 is 1.86 bits per heavy atom. The molecule has 1 N–H and O–H groups in total. The number of rotatable bonds is 9. The van der Waals surface area contributed by atoms with Crippen LogP contribution in [0.4, 0.5) is 23.2 Å². The van der Waals surface area contributed by atoms with Gasteiger partial charge in [-0.3, -0.25) is 9.10 Å². The predicted molar refractivity (Wildman–Crippen MR) is 136 cm³/mol. The van der Waals surface area contributed by atoms with Gasteiger partial charge < -0.3 is 5.32 Å². The number of nitrogens with one attached hydrogen (secondary N) is 1. The molecular formula is C25H31F4N3O3S2. The lowest BCUT2D eigenvalue weighted by Crippen LogP contribution is -2.30. The molecule has 1 aromatic carbocycles. The molecule has 2 aromatic rings. The first-order valence-electron chi connectivity index (χ1n) is 12.1. The van der Waals surface area contributed by atoms with Crippen LogP contribution < -0.4 is 9.62 Å². The first kappa shape index (κ1) is 29.2. The number of amides is 1. The third kappa shape index (κ3) is 7.59. The maximum absolute atomic E-state index is 14.8. The minimum Gasteiger partial charge on any atom is -0.351 e. The molecular weight excluding hydrogens is 530 g/mol. The molecule has 1 fully saturated rings. The Morgan fingerprint density at radius 3 is 2.43 bits per heavy atom. The van der Waals surface area contributed by atoms with Gasteiger partial charge in [0.15, 0.2) is 0 Å². The summed E-state index contributed by atoms with van der Waals surface area (Å²) in [7, 11) is -3.67. The number of pyridine rings is 1. The van der Waals surface area contributed by atoms with E-state index in [-0.39, 0.29) is 29.1 Å². The van der Waals surface area contributed by atoms with Gasteiger partial charge in [0.1, 0.15) is 16.5 Å². The van der Waals surface area contributed by atoms with E-state index in [0.717, 1.165) is 54.8 Å². The van der Waals surface area contributed by atoms with E-state index in [1.165, 1.54) is 30.0 Å². The first-order chi connectivity index (χ1) is 17.3. The topological polar surface area (TPSA) is 79.4 Å². The second-order valence-electron chi connectivity index (χ2n) is 9.11. The van der Waals surface area contributed by atoms with Crippen molar-refractivity contribution in [2.45, 2.75) is 74.9 Å². The van der Waals surface area contributed by atoms with Crippen molar-refractivity contribution >= 4 is 33.4 Å². The number of carbonyl (C=O) groups is 1. The smallest absolute Gasteiger partial charge is 0.351 e. The molecule has 0 bridgehead atoms. The van der Waals surface area contributed by atoms with Gasteiger partial charge in [0.05, 0.1) is 17.9 Å². The average Bonchev–Trinajstić information content (AvgIpc) is 2.83. The zero-order valence-electron chi connectivity index (χ0n) is 20.9. The highest BCUT2D eigenvalue weighted by atomic mass is 32.2. The van der Waals surface area contributed by atoms with Crippen LogP contribution in [0.15, 0.2) is 35.4 Å². The Kier molecular flexibility index (Phi) is 9.49. The Hall–Kier alpha value is -2.34. The van der Waals surface area contributed by atoms with E-state index < -0.39 is 39.5 Å². The fraction of sp³-hybridized carbons (Fsp3) is 0.520. The van der Waals surface area contributed by atoms with Gasteiger partial charge in [0.25, 0.3) is 0 Å². The maximum atomic E-state index is 14.8. The molecule has 204 valence electrons. The number of nitrogens with zero attached hydrogens (tertiary/aromatic N) is 2. The zero-order valence-corrected chi connectivity index (χ0v) is 22.6. The van der Waals surface area contributed by atoms with Crippen LogP contribution in [0.2, 0.25) is 0 Å². The maximum Gasteiger partial charge on any atom is 0.433 e. The number of halogens is 4. The minimum atomic E-state index is -4.57. The number of benzene rings is 1. The lowest BCUT2D eigenvalue weighted by Gasteiger charge is -2.23. The molecule has 1 heterocycles. The van der Waals surface area contributed by atoms with Gasteiger partial charge in [-0.15, -0.1) is 11.8 Å². The normalized spacial score (nSPS) is 15.9. The molecule has 1 amide bonds. The van der Waals surface area contributed by atoms with Crippen LogP contribution in [-0.2, 0) is 27.5 Å². The number of thioether (sulfide) groups is 1. The van der Waals surface area contributed by atoms with Crippen molar-refractivity contribution in [3.8, 4) is 0 Å². The van der Waals surface area contributed by atoms with Crippen molar-refractivity contribution in [1.82, 2.24) is 10.3 Å². The summed E-state index contributed by atoms with van der Waals surface area (Å²) >= 11 is 1.32. The third-order valence-corrected chi connectivity index (χ3v) is 8.97. The Bertz CT molecular complexity index is 1220. The number of alkyl halides is 3. The summed E-state index contributed by atoms with van der Waals surface area (Å²) in [6.45, 7) is 3.18. The summed E-state index contributed by atoms with van der Waals surface area (Å²) in [5.41, 5.74) is -0.260. The van der Waals surface area contributed by atoms with E-state index in [1.54, 1.807) is 13.8 Å². The molecule has 3 rings (SSSR count). The SMILES string of the molecule is CCN(c1ccc(C(C)C(=O)NCc2ccc(C(F)(F)F)nc2SC2CCCCC2)cc1F)S(C)(=O)=O. The molecule has 1 aromatic heterocycles. The van der Waals surface area contributed by atoms with Gasteiger partial charge in [-0.1, -0.05) is 31.4 Å². The van der Waals surface area contributed by atoms with Gasteiger partial charge in [-0.25, -0.2) is 17.8 Å². The van der Waals surface area contributed by atoms with Crippen LogP contribution in [0.1, 0.15) is 68.7 Å². The van der Waals surface area contributed by atoms with Crippen LogP contribution >= 0.6 is 11.8 Å². The summed E-state index contributed by atoms with van der Waals surface area (Å²) < 4.78 is 79.4. The number of hydrogen-bond donors (Lipinski definition) is 1. The fourth-order valence-corrected chi connectivity index (χ4v) is 6.57. The van der Waals surface area contributed by atoms with Gasteiger partial charge in [-0.05, 0) is 50.5 Å². The van der Waals surface area contributed by atoms with E-state index >= 15 is 0 Å². The number of carbonyl (C=O) groups excluding carboxylic acids is 1. The monoisotopic (exact) mass is 561 g/mol. The molecule has 37 heavy (non-hydrogen) atoms. The molecule has 0 aliphatic heterocycles. The Balaban J connectivity index is 1.75. The molecule has 1 unspecified atom stereocenters. The van der Waals surface area contributed by atoms with E-state index in [4.69, 9.17) is 0 Å². The summed E-state index contributed by atoms with van der Waals surface area (Å²) in [6.07, 6.45) is 1.38. The highest BCUT2D eigenvalue weighted by Gasteiger charge is 2.33. The van der Waals surface area contributed by atoms with E-state index in [1.807, 2.05) is 0 Å². The van der Waals surface area contributed by atoms with E-state index in [2.05, 4.69) is 10.3 Å². The Labute approximate surface area is 219 Å². The fourth-order valence-electron chi connectivity index (χ4n) is 4.27. The molecule has 1 aliphatic rings. The highest BCUT2D eigenvalue weighted by molar-refractivity contribution is 7.99. The molecule has 0 saturated heterocycles. The van der Waals surface area contributed by atoms with Crippen LogP contribution in [-0.4, -0.2) is 37.4 Å². The number of hydrogen-bond acceptors (Lipinski definition) is 5. The summed E-state index contributed by atoms with van der Waals surface area (Å²) in [5, 5.41) is 3.15. The standard InChI is InChI=1S/C25H31F4N3O3S2/c1-4-32(37(3,34)35)21-12-10-17(14-20(21)26)16(2)23(33)30-15-18-11-13-22(25(27,28)29)31-24(18)36-19-8-6-5-7-9-19/h10-14,16,19H,4-9,15H2,1-3H3,(H,30,33). The van der Waals surface area contributed by atoms with Crippen molar-refractivity contribution in [3.05, 3.63) is 53.0 Å².